The Morgan fingerprint density at radius 3 is 2.78 bits per heavy atom. The molecule has 0 aromatic carbocycles. The van der Waals surface area contributed by atoms with E-state index in [2.05, 4.69) is 17.1 Å². The molecule has 2 atom stereocenters. The molecule has 2 aliphatic rings. The molecule has 2 aliphatic heterocycles. The molecule has 106 valence electrons. The molecule has 0 aromatic heterocycles. The normalized spacial score (nSPS) is 30.5. The summed E-state index contributed by atoms with van der Waals surface area (Å²) in [4.78, 5) is 2.73. The number of likely N-dealkylation sites (tertiary alicyclic amines) is 1. The molecule has 0 saturated carbocycles. The molecule has 2 rings (SSSR count). The van der Waals surface area contributed by atoms with Crippen LogP contribution in [-0.2, 0) is 0 Å². The highest BCUT2D eigenvalue weighted by atomic mass is 15.1. The van der Waals surface area contributed by atoms with E-state index in [1.807, 2.05) is 0 Å². The Kier molecular flexibility index (Phi) is 6.50. The highest BCUT2D eigenvalue weighted by molar-refractivity contribution is 4.73. The summed E-state index contributed by atoms with van der Waals surface area (Å²) in [6.45, 7) is 8.95. The second-order valence-electron chi connectivity index (χ2n) is 6.43. The second kappa shape index (κ2) is 8.16. The molecule has 0 bridgehead atoms. The van der Waals surface area contributed by atoms with Crippen LogP contribution in [0.25, 0.3) is 0 Å². The van der Waals surface area contributed by atoms with E-state index in [-0.39, 0.29) is 0 Å². The maximum atomic E-state index is 3.48. The highest BCUT2D eigenvalue weighted by Gasteiger charge is 2.17. The third kappa shape index (κ3) is 4.89. The van der Waals surface area contributed by atoms with Gasteiger partial charge in [-0.05, 0) is 83.1 Å². The van der Waals surface area contributed by atoms with Gasteiger partial charge >= 0.3 is 0 Å². The van der Waals surface area contributed by atoms with Crippen LogP contribution in [0.5, 0.6) is 0 Å². The van der Waals surface area contributed by atoms with Crippen molar-refractivity contribution in [3.63, 3.8) is 0 Å². The van der Waals surface area contributed by atoms with Gasteiger partial charge in [0.05, 0.1) is 0 Å². The van der Waals surface area contributed by atoms with E-state index in [4.69, 9.17) is 0 Å². The summed E-state index contributed by atoms with van der Waals surface area (Å²) in [5.74, 6) is 2.00. The summed E-state index contributed by atoms with van der Waals surface area (Å²) >= 11 is 0. The van der Waals surface area contributed by atoms with Gasteiger partial charge in [-0.1, -0.05) is 19.8 Å². The fraction of sp³-hybridized carbons (Fsp3) is 1.00. The molecule has 2 nitrogen and oxygen atoms in total. The lowest BCUT2D eigenvalue weighted by atomic mass is 9.96. The summed E-state index contributed by atoms with van der Waals surface area (Å²) in [5, 5.41) is 3.48. The molecule has 2 fully saturated rings. The summed E-state index contributed by atoms with van der Waals surface area (Å²) in [6.07, 6.45) is 11.5. The van der Waals surface area contributed by atoms with E-state index in [1.165, 1.54) is 84.1 Å². The van der Waals surface area contributed by atoms with Gasteiger partial charge in [-0.15, -0.1) is 0 Å². The van der Waals surface area contributed by atoms with Crippen LogP contribution in [0.3, 0.4) is 0 Å². The molecule has 18 heavy (non-hydrogen) atoms. The van der Waals surface area contributed by atoms with Gasteiger partial charge in [0.15, 0.2) is 0 Å². The zero-order chi connectivity index (χ0) is 12.6. The van der Waals surface area contributed by atoms with Gasteiger partial charge in [0.2, 0.25) is 0 Å². The largest absolute Gasteiger partial charge is 0.316 e. The van der Waals surface area contributed by atoms with Crippen LogP contribution >= 0.6 is 0 Å². The van der Waals surface area contributed by atoms with Crippen molar-refractivity contribution < 1.29 is 0 Å². The van der Waals surface area contributed by atoms with E-state index in [0.29, 0.717) is 0 Å². The molecular formula is C16H32N2. The predicted molar refractivity (Wildman–Crippen MR) is 78.9 cm³/mol. The highest BCUT2D eigenvalue weighted by Crippen LogP contribution is 2.22. The van der Waals surface area contributed by atoms with Crippen LogP contribution in [0.1, 0.15) is 58.3 Å². The minimum absolute atomic E-state index is 0.977. The maximum absolute atomic E-state index is 3.48. The molecule has 0 aliphatic carbocycles. The molecule has 0 aromatic rings. The molecule has 0 spiro atoms. The molecule has 0 radical (unpaired) electrons. The van der Waals surface area contributed by atoms with Gasteiger partial charge < -0.3 is 10.2 Å². The van der Waals surface area contributed by atoms with Crippen LogP contribution in [0.4, 0.5) is 0 Å². The van der Waals surface area contributed by atoms with Crippen molar-refractivity contribution in [2.45, 2.75) is 58.3 Å². The van der Waals surface area contributed by atoms with Gasteiger partial charge in [0, 0.05) is 0 Å². The quantitative estimate of drug-likeness (QED) is 0.780. The van der Waals surface area contributed by atoms with E-state index < -0.39 is 0 Å². The Morgan fingerprint density at radius 1 is 1.06 bits per heavy atom. The summed E-state index contributed by atoms with van der Waals surface area (Å²) in [6, 6.07) is 0. The lowest BCUT2D eigenvalue weighted by molar-refractivity contribution is 0.267. The van der Waals surface area contributed by atoms with E-state index >= 15 is 0 Å². The topological polar surface area (TPSA) is 15.3 Å². The molecule has 0 amide bonds. The van der Waals surface area contributed by atoms with Crippen LogP contribution in [-0.4, -0.2) is 37.6 Å². The van der Waals surface area contributed by atoms with Crippen LogP contribution < -0.4 is 5.32 Å². The molecule has 1 N–H and O–H groups in total. The van der Waals surface area contributed by atoms with E-state index in [1.54, 1.807) is 0 Å². The van der Waals surface area contributed by atoms with Crippen molar-refractivity contribution in [2.75, 3.05) is 32.7 Å². The number of rotatable bonds is 6. The Balaban J connectivity index is 1.58. The zero-order valence-electron chi connectivity index (χ0n) is 12.3. The number of hydrogen-bond donors (Lipinski definition) is 1. The predicted octanol–water partition coefficient (Wildman–Crippen LogP) is 3.28. The minimum Gasteiger partial charge on any atom is -0.316 e. The van der Waals surface area contributed by atoms with Crippen molar-refractivity contribution >= 4 is 0 Å². The lowest BCUT2D eigenvalue weighted by Crippen LogP contribution is -2.26. The van der Waals surface area contributed by atoms with E-state index in [9.17, 15) is 0 Å². The fourth-order valence-electron chi connectivity index (χ4n) is 3.71. The summed E-state index contributed by atoms with van der Waals surface area (Å²) < 4.78 is 0. The summed E-state index contributed by atoms with van der Waals surface area (Å²) in [5.41, 5.74) is 0. The van der Waals surface area contributed by atoms with Crippen molar-refractivity contribution in [1.82, 2.24) is 10.2 Å². The third-order valence-electron chi connectivity index (χ3n) is 4.89. The summed E-state index contributed by atoms with van der Waals surface area (Å²) in [7, 11) is 0. The standard InChI is InChI=1S/C16H32N2/c1-2-5-15-6-3-11-18(13-9-15)12-4-7-16-8-10-17-14-16/h15-17H,2-14H2,1H3. The first-order valence-electron chi connectivity index (χ1n) is 8.31. The van der Waals surface area contributed by atoms with E-state index in [0.717, 1.165) is 11.8 Å². The van der Waals surface area contributed by atoms with Crippen molar-refractivity contribution in [3.05, 3.63) is 0 Å². The van der Waals surface area contributed by atoms with Crippen LogP contribution in [0.2, 0.25) is 0 Å². The fourth-order valence-corrected chi connectivity index (χ4v) is 3.71. The first-order chi connectivity index (χ1) is 8.88. The van der Waals surface area contributed by atoms with Crippen molar-refractivity contribution in [1.29, 1.82) is 0 Å². The number of nitrogens with zero attached hydrogens (tertiary/aromatic N) is 1. The molecule has 2 heteroatoms. The first-order valence-corrected chi connectivity index (χ1v) is 8.31. The average molecular weight is 252 g/mol. The Morgan fingerprint density at radius 2 is 2.00 bits per heavy atom. The van der Waals surface area contributed by atoms with Gasteiger partial charge in [-0.2, -0.15) is 0 Å². The monoisotopic (exact) mass is 252 g/mol. The molecule has 2 heterocycles. The van der Waals surface area contributed by atoms with Crippen LogP contribution in [0.15, 0.2) is 0 Å². The van der Waals surface area contributed by atoms with Gasteiger partial charge in [0.25, 0.3) is 0 Å². The van der Waals surface area contributed by atoms with Gasteiger partial charge in [-0.25, -0.2) is 0 Å². The van der Waals surface area contributed by atoms with Crippen LogP contribution in [0, 0.1) is 11.8 Å². The van der Waals surface area contributed by atoms with Crippen molar-refractivity contribution in [2.24, 2.45) is 11.8 Å². The Hall–Kier alpha value is -0.0800. The Labute approximate surface area is 114 Å². The SMILES string of the molecule is CCCC1CCCN(CCCC2CCNC2)CC1. The lowest BCUT2D eigenvalue weighted by Gasteiger charge is -2.20. The number of hydrogen-bond acceptors (Lipinski definition) is 2. The first kappa shape index (κ1) is 14.3. The van der Waals surface area contributed by atoms with Gasteiger partial charge in [0.1, 0.15) is 0 Å². The Bertz CT molecular complexity index is 211. The second-order valence-corrected chi connectivity index (χ2v) is 6.43. The molecule has 2 saturated heterocycles. The van der Waals surface area contributed by atoms with Crippen molar-refractivity contribution in [3.8, 4) is 0 Å². The minimum atomic E-state index is 0.977. The third-order valence-corrected chi connectivity index (χ3v) is 4.89. The molecular weight excluding hydrogens is 220 g/mol. The maximum Gasteiger partial charge on any atom is -0.00161 e. The average Bonchev–Trinajstić information content (AvgIpc) is 2.78. The number of nitrogens with one attached hydrogen (secondary N) is 1. The molecule has 2 unspecified atom stereocenters. The van der Waals surface area contributed by atoms with Gasteiger partial charge in [-0.3, -0.25) is 0 Å². The zero-order valence-corrected chi connectivity index (χ0v) is 12.3. The smallest absolute Gasteiger partial charge is 0.00161 e.